The van der Waals surface area contributed by atoms with Crippen LogP contribution >= 0.6 is 7.60 Å². The number of ether oxygens (including phenoxy) is 6. The lowest BCUT2D eigenvalue weighted by atomic mass is 10.0. The van der Waals surface area contributed by atoms with Gasteiger partial charge in [-0.2, -0.15) is 8.61 Å². The Kier molecular flexibility index (Phi) is 22.6. The van der Waals surface area contributed by atoms with E-state index in [1.54, 1.807) is 12.1 Å². The van der Waals surface area contributed by atoms with Gasteiger partial charge in [-0.05, 0) is 84.3 Å². The summed E-state index contributed by atoms with van der Waals surface area (Å²) in [7, 11) is -12.1. The van der Waals surface area contributed by atoms with Crippen LogP contribution in [0, 0.1) is 11.8 Å². The van der Waals surface area contributed by atoms with Gasteiger partial charge in [0.25, 0.3) is 0 Å². The summed E-state index contributed by atoms with van der Waals surface area (Å²) in [5, 5.41) is 16.5. The van der Waals surface area contributed by atoms with E-state index in [4.69, 9.17) is 44.4 Å². The van der Waals surface area contributed by atoms with E-state index in [1.807, 2.05) is 76.2 Å². The van der Waals surface area contributed by atoms with Crippen molar-refractivity contribution in [1.82, 2.24) is 19.2 Å². The van der Waals surface area contributed by atoms with Gasteiger partial charge in [0.1, 0.15) is 19.3 Å². The van der Waals surface area contributed by atoms with Crippen LogP contribution in [0.4, 0.5) is 21.0 Å². The van der Waals surface area contributed by atoms with Gasteiger partial charge < -0.3 is 65.0 Å². The molecule has 8 N–H and O–H groups in total. The molecule has 4 aromatic carbocycles. The van der Waals surface area contributed by atoms with Gasteiger partial charge in [0, 0.05) is 44.2 Å². The lowest BCUT2D eigenvalue weighted by Gasteiger charge is -2.33. The molecule has 0 aliphatic carbocycles. The molecule has 2 saturated heterocycles. The van der Waals surface area contributed by atoms with Crippen LogP contribution in [0.1, 0.15) is 38.8 Å². The smallest absolute Gasteiger partial charge is 0.409 e. The molecule has 0 aromatic heterocycles. The third kappa shape index (κ3) is 19.5. The summed E-state index contributed by atoms with van der Waals surface area (Å²) >= 11 is 0. The molecule has 2 fully saturated rings. The zero-order valence-electron chi connectivity index (χ0n) is 42.0. The molecule has 4 aromatic rings. The van der Waals surface area contributed by atoms with E-state index in [1.165, 1.54) is 57.1 Å². The number of carbonyl (C=O) groups is 2. The molecule has 408 valence electrons. The summed E-state index contributed by atoms with van der Waals surface area (Å²) in [4.78, 5) is 35.5. The molecule has 7 atom stereocenters. The Bertz CT molecular complexity index is 2620. The maximum Gasteiger partial charge on any atom is 0.409 e. The topological polar surface area (TPSA) is 307 Å². The van der Waals surface area contributed by atoms with Crippen molar-refractivity contribution < 1.29 is 73.9 Å². The van der Waals surface area contributed by atoms with Gasteiger partial charge in [-0.3, -0.25) is 4.57 Å². The molecule has 0 spiro atoms. The molecule has 6 rings (SSSR count). The quantitative estimate of drug-likeness (QED) is 0.0408. The second kappa shape index (κ2) is 28.1. The van der Waals surface area contributed by atoms with Crippen LogP contribution in [0.15, 0.2) is 119 Å². The average molecular weight is 1090 g/mol. The second-order valence-corrected chi connectivity index (χ2v) is 24.1. The molecule has 0 radical (unpaired) electrons. The van der Waals surface area contributed by atoms with Gasteiger partial charge in [0.05, 0.1) is 28.0 Å². The van der Waals surface area contributed by atoms with Crippen molar-refractivity contribution in [2.45, 2.75) is 87.2 Å². The van der Waals surface area contributed by atoms with Crippen LogP contribution in [0.5, 0.6) is 0 Å². The molecule has 2 aliphatic rings. The summed E-state index contributed by atoms with van der Waals surface area (Å²) in [5.74, 6) is -0.0995. The number of sulfonamides is 2. The fraction of sp³-hybridized carbons (Fsp3) is 0.469. The highest BCUT2D eigenvalue weighted by molar-refractivity contribution is 7.89. The molecule has 0 saturated carbocycles. The second-order valence-electron chi connectivity index (χ2n) is 18.4. The number of amides is 2. The first-order valence-corrected chi connectivity index (χ1v) is 28.7. The third-order valence-corrected chi connectivity index (χ3v) is 15.4. The fourth-order valence-electron chi connectivity index (χ4n) is 7.63. The van der Waals surface area contributed by atoms with Crippen molar-refractivity contribution >= 4 is 51.2 Å². The normalized spacial score (nSPS) is 18.5. The largest absolute Gasteiger partial charge is 0.417 e. The number of alkyl carbamates (subject to hydrolysis) is 2. The first kappa shape index (κ1) is 59.7. The highest BCUT2D eigenvalue weighted by Crippen LogP contribution is 2.40. The minimum Gasteiger partial charge on any atom is -0.417 e. The number of nitrogens with one attached hydrogen (secondary N) is 2. The van der Waals surface area contributed by atoms with Crippen molar-refractivity contribution in [1.29, 1.82) is 0 Å². The standard InChI is InChI=1S/C25H36N3O9PS.C24H33N3O7S/c1-18(2)14-28(39(32,33)21-11-9-20(26)10-12-21)15-23(37-38(3,30)31)22(13-19-7-5-4-6-8-19)27-25(29)36-24-16-34-17-35-24;1-17(2)13-27(35(30,31)20-10-8-19(25)9-11-20)14-22(28)21(12-18-6-4-3-5-7-18)26-24(29)34-23-15-32-16-33-23/h4-12,18,22-24H,13-17,26H2,1-3H3,(H,27,29)(H,30,31);3-11,17,21-23,28H,12-16,25H2,1-2H3,(H,26,29). The number of nitrogen functional groups attached to an aromatic ring is 2. The number of hydrogen-bond donors (Lipinski definition) is 6. The molecule has 2 heterocycles. The number of nitrogens with two attached hydrogens (primary N) is 2. The number of anilines is 2. The molecule has 25 heteroatoms. The van der Waals surface area contributed by atoms with E-state index in [9.17, 15) is 41.0 Å². The van der Waals surface area contributed by atoms with Gasteiger partial charge in [-0.25, -0.2) is 26.4 Å². The fourth-order valence-corrected chi connectivity index (χ4v) is 11.6. The lowest BCUT2D eigenvalue weighted by molar-refractivity contribution is -0.0684. The Labute approximate surface area is 433 Å². The van der Waals surface area contributed by atoms with E-state index < -0.39 is 76.7 Å². The maximum atomic E-state index is 13.7. The van der Waals surface area contributed by atoms with Crippen molar-refractivity contribution in [3.05, 3.63) is 120 Å². The lowest BCUT2D eigenvalue weighted by Crippen LogP contribution is -2.52. The highest BCUT2D eigenvalue weighted by atomic mass is 32.2. The monoisotopic (exact) mass is 1090 g/mol. The Hall–Kier alpha value is -5.21. The van der Waals surface area contributed by atoms with Crippen LogP contribution < -0.4 is 22.1 Å². The van der Waals surface area contributed by atoms with E-state index in [0.717, 1.165) is 17.8 Å². The Balaban J connectivity index is 0.000000276. The summed E-state index contributed by atoms with van der Waals surface area (Å²) in [6.07, 6.45) is -5.48. The molecule has 0 bridgehead atoms. The molecule has 2 aliphatic heterocycles. The van der Waals surface area contributed by atoms with E-state index in [2.05, 4.69) is 10.6 Å². The van der Waals surface area contributed by atoms with Crippen LogP contribution in [0.25, 0.3) is 0 Å². The molecule has 2 amide bonds. The summed E-state index contributed by atoms with van der Waals surface area (Å²) < 4.78 is 105. The number of aliphatic hydroxyl groups excluding tert-OH is 1. The van der Waals surface area contributed by atoms with E-state index in [-0.39, 0.29) is 87.4 Å². The van der Waals surface area contributed by atoms with Gasteiger partial charge in [-0.15, -0.1) is 0 Å². The number of nitrogens with zero attached hydrogens (tertiary/aromatic N) is 2. The van der Waals surface area contributed by atoms with Crippen LogP contribution in [-0.4, -0.2) is 144 Å². The first-order chi connectivity index (χ1) is 35.0. The van der Waals surface area contributed by atoms with Gasteiger partial charge >= 0.3 is 19.8 Å². The molecular weight excluding hydrogens is 1020 g/mol. The zero-order valence-corrected chi connectivity index (χ0v) is 44.5. The molecule has 74 heavy (non-hydrogen) atoms. The van der Waals surface area contributed by atoms with Gasteiger partial charge in [0.2, 0.25) is 32.6 Å². The summed E-state index contributed by atoms with van der Waals surface area (Å²) in [6.45, 7) is 8.35. The minimum absolute atomic E-state index is 0.00392. The number of hydrogen-bond acceptors (Lipinski definition) is 17. The van der Waals surface area contributed by atoms with Crippen molar-refractivity contribution in [2.75, 3.05) is 71.1 Å². The zero-order chi connectivity index (χ0) is 54.1. The Morgan fingerprint density at radius 3 is 1.42 bits per heavy atom. The van der Waals surface area contributed by atoms with Crippen LogP contribution in [-0.2, 0) is 70.4 Å². The summed E-state index contributed by atoms with van der Waals surface area (Å²) in [6, 6.07) is 28.2. The van der Waals surface area contributed by atoms with Crippen molar-refractivity contribution in [3.8, 4) is 0 Å². The number of rotatable bonds is 24. The maximum absolute atomic E-state index is 13.7. The average Bonchev–Trinajstić information content (AvgIpc) is 4.06. The molecule has 7 unspecified atom stereocenters. The van der Waals surface area contributed by atoms with Crippen molar-refractivity contribution in [2.24, 2.45) is 11.8 Å². The predicted octanol–water partition coefficient (Wildman–Crippen LogP) is 4.73. The number of carbonyl (C=O) groups excluding carboxylic acids is 2. The Morgan fingerprint density at radius 1 is 0.649 bits per heavy atom. The van der Waals surface area contributed by atoms with E-state index in [0.29, 0.717) is 11.4 Å². The van der Waals surface area contributed by atoms with Gasteiger partial charge in [-0.1, -0.05) is 88.4 Å². The van der Waals surface area contributed by atoms with Crippen molar-refractivity contribution in [3.63, 3.8) is 0 Å². The first-order valence-electron chi connectivity index (χ1n) is 23.8. The van der Waals surface area contributed by atoms with Crippen LogP contribution in [0.3, 0.4) is 0 Å². The summed E-state index contributed by atoms with van der Waals surface area (Å²) in [5.41, 5.74) is 13.9. The number of benzene rings is 4. The van der Waals surface area contributed by atoms with E-state index >= 15 is 0 Å². The van der Waals surface area contributed by atoms with Gasteiger partial charge in [0.15, 0.2) is 13.6 Å². The third-order valence-electron chi connectivity index (χ3n) is 11.1. The molecule has 22 nitrogen and oxygen atoms in total. The Morgan fingerprint density at radius 2 is 1.04 bits per heavy atom. The van der Waals surface area contributed by atoms with Crippen LogP contribution in [0.2, 0.25) is 0 Å². The highest BCUT2D eigenvalue weighted by Gasteiger charge is 2.37. The molecular formula is C49H69N6O16PS2. The predicted molar refractivity (Wildman–Crippen MR) is 274 cm³/mol. The number of aliphatic hydroxyl groups is 1. The SMILES string of the molecule is CC(C)CN(CC(O)C(Cc1ccccc1)NC(=O)OC1COCO1)S(=O)(=O)c1ccc(N)cc1.CC(C)CN(CC(OP(C)(=O)O)C(Cc1ccccc1)NC(=O)OC1COCO1)S(=O)(=O)c1ccc(N)cc1. The minimum atomic E-state index is -4.15.